The van der Waals surface area contributed by atoms with Crippen molar-refractivity contribution in [3.63, 3.8) is 0 Å². The van der Waals surface area contributed by atoms with Crippen LogP contribution in [0.1, 0.15) is 5.56 Å². The molecule has 4 heteroatoms. The maximum Gasteiger partial charge on any atom is 0.328 e. The second-order valence-corrected chi connectivity index (χ2v) is 2.95. The van der Waals surface area contributed by atoms with E-state index in [0.29, 0.717) is 6.54 Å². The fraction of sp³-hybridized carbons (Fsp3) is 0.182. The van der Waals surface area contributed by atoms with Crippen LogP contribution in [-0.2, 0) is 4.79 Å². The largest absolute Gasteiger partial charge is 0.478 e. The van der Waals surface area contributed by atoms with Crippen molar-refractivity contribution in [1.29, 1.82) is 0 Å². The molecule has 0 saturated heterocycles. The first-order valence-electron chi connectivity index (χ1n) is 4.58. The first-order valence-corrected chi connectivity index (χ1v) is 4.58. The number of carboxylic acid groups (broad SMARTS) is 1. The van der Waals surface area contributed by atoms with Gasteiger partial charge in [0.25, 0.3) is 0 Å². The third-order valence-corrected chi connectivity index (χ3v) is 1.75. The molecule has 0 unspecified atom stereocenters. The lowest BCUT2D eigenvalue weighted by molar-refractivity contribution is -0.131. The Kier molecular flexibility index (Phi) is 4.37. The molecule has 0 radical (unpaired) electrons. The zero-order valence-electron chi connectivity index (χ0n) is 8.18. The van der Waals surface area contributed by atoms with Crippen LogP contribution in [0.5, 0.6) is 0 Å². The molecule has 0 spiro atoms. The highest BCUT2D eigenvalue weighted by atomic mass is 16.4. The minimum atomic E-state index is -0.969. The summed E-state index contributed by atoms with van der Waals surface area (Å²) in [6.07, 6.45) is 2.61. The van der Waals surface area contributed by atoms with Crippen LogP contribution >= 0.6 is 0 Å². The van der Waals surface area contributed by atoms with E-state index in [0.717, 1.165) is 17.3 Å². The molecule has 1 aromatic carbocycles. The topological polar surface area (TPSA) is 69.6 Å². The van der Waals surface area contributed by atoms with Gasteiger partial charge in [-0.1, -0.05) is 12.1 Å². The van der Waals surface area contributed by atoms with Crippen molar-refractivity contribution < 1.29 is 15.0 Å². The lowest BCUT2D eigenvalue weighted by Crippen LogP contribution is -2.05. The number of rotatable bonds is 5. The monoisotopic (exact) mass is 207 g/mol. The van der Waals surface area contributed by atoms with E-state index in [1.165, 1.54) is 6.08 Å². The molecule has 0 aliphatic carbocycles. The van der Waals surface area contributed by atoms with E-state index < -0.39 is 5.97 Å². The molecular weight excluding hydrogens is 194 g/mol. The van der Waals surface area contributed by atoms with Gasteiger partial charge in [-0.2, -0.15) is 0 Å². The number of benzene rings is 1. The summed E-state index contributed by atoms with van der Waals surface area (Å²) in [4.78, 5) is 10.3. The Morgan fingerprint density at radius 1 is 1.47 bits per heavy atom. The Bertz CT molecular complexity index is 361. The number of aliphatic hydroxyl groups is 1. The molecule has 1 aromatic rings. The summed E-state index contributed by atoms with van der Waals surface area (Å²) in [5.74, 6) is -0.969. The van der Waals surface area contributed by atoms with Crippen molar-refractivity contribution >= 4 is 17.7 Å². The average molecular weight is 207 g/mol. The Balaban J connectivity index is 2.69. The van der Waals surface area contributed by atoms with Crippen molar-refractivity contribution in [1.82, 2.24) is 0 Å². The fourth-order valence-corrected chi connectivity index (χ4v) is 1.12. The van der Waals surface area contributed by atoms with Gasteiger partial charge in [0.05, 0.1) is 6.61 Å². The predicted octanol–water partition coefficient (Wildman–Crippen LogP) is 1.19. The van der Waals surface area contributed by atoms with Crippen molar-refractivity contribution in [3.8, 4) is 0 Å². The molecule has 0 fully saturated rings. The second kappa shape index (κ2) is 5.82. The van der Waals surface area contributed by atoms with E-state index in [2.05, 4.69) is 5.32 Å². The highest BCUT2D eigenvalue weighted by Gasteiger charge is 1.93. The summed E-state index contributed by atoms with van der Waals surface area (Å²) in [7, 11) is 0. The number of aliphatic carboxylic acids is 1. The van der Waals surface area contributed by atoms with Gasteiger partial charge in [0, 0.05) is 18.3 Å². The zero-order chi connectivity index (χ0) is 11.1. The molecule has 0 aliphatic rings. The van der Waals surface area contributed by atoms with Crippen LogP contribution in [0.2, 0.25) is 0 Å². The minimum absolute atomic E-state index is 0.0647. The quantitative estimate of drug-likeness (QED) is 0.634. The lowest BCUT2D eigenvalue weighted by atomic mass is 10.2. The molecule has 80 valence electrons. The average Bonchev–Trinajstić information content (AvgIpc) is 2.24. The Morgan fingerprint density at radius 3 is 2.93 bits per heavy atom. The maximum atomic E-state index is 10.3. The smallest absolute Gasteiger partial charge is 0.328 e. The van der Waals surface area contributed by atoms with Gasteiger partial charge in [0.1, 0.15) is 0 Å². The number of aliphatic hydroxyl groups excluding tert-OH is 1. The molecule has 4 nitrogen and oxygen atoms in total. The van der Waals surface area contributed by atoms with Gasteiger partial charge >= 0.3 is 5.97 Å². The van der Waals surface area contributed by atoms with Crippen LogP contribution < -0.4 is 5.32 Å². The molecule has 0 bridgehead atoms. The van der Waals surface area contributed by atoms with Crippen LogP contribution in [0.3, 0.4) is 0 Å². The summed E-state index contributed by atoms with van der Waals surface area (Å²) < 4.78 is 0. The number of carboxylic acids is 1. The lowest BCUT2D eigenvalue weighted by Gasteiger charge is -2.04. The third-order valence-electron chi connectivity index (χ3n) is 1.75. The zero-order valence-corrected chi connectivity index (χ0v) is 8.18. The first-order chi connectivity index (χ1) is 7.22. The molecule has 0 amide bonds. The van der Waals surface area contributed by atoms with E-state index in [4.69, 9.17) is 10.2 Å². The standard InChI is InChI=1S/C11H13NO3/c13-7-6-12-10-3-1-2-9(8-10)4-5-11(14)15/h1-5,8,12-13H,6-7H2,(H,14,15)/b5-4+. The summed E-state index contributed by atoms with van der Waals surface area (Å²) in [6, 6.07) is 7.30. The van der Waals surface area contributed by atoms with E-state index >= 15 is 0 Å². The molecule has 0 atom stereocenters. The van der Waals surface area contributed by atoms with Crippen LogP contribution in [0, 0.1) is 0 Å². The third kappa shape index (κ3) is 4.28. The number of anilines is 1. The van der Waals surface area contributed by atoms with Crippen LogP contribution in [0.25, 0.3) is 6.08 Å². The summed E-state index contributed by atoms with van der Waals surface area (Å²) in [6.45, 7) is 0.543. The molecule has 15 heavy (non-hydrogen) atoms. The summed E-state index contributed by atoms with van der Waals surface area (Å²) in [5, 5.41) is 20.1. The summed E-state index contributed by atoms with van der Waals surface area (Å²) in [5.41, 5.74) is 1.66. The SMILES string of the molecule is O=C(O)/C=C/c1cccc(NCCO)c1. The minimum Gasteiger partial charge on any atom is -0.478 e. The fourth-order valence-electron chi connectivity index (χ4n) is 1.12. The Hall–Kier alpha value is -1.81. The van der Waals surface area contributed by atoms with Gasteiger partial charge in [-0.15, -0.1) is 0 Å². The van der Waals surface area contributed by atoms with E-state index in [-0.39, 0.29) is 6.61 Å². The van der Waals surface area contributed by atoms with E-state index in [9.17, 15) is 4.79 Å². The van der Waals surface area contributed by atoms with Crippen molar-refractivity contribution in [2.24, 2.45) is 0 Å². The molecular formula is C11H13NO3. The van der Waals surface area contributed by atoms with Crippen molar-refractivity contribution in [3.05, 3.63) is 35.9 Å². The highest BCUT2D eigenvalue weighted by Crippen LogP contribution is 2.11. The molecule has 0 saturated carbocycles. The van der Waals surface area contributed by atoms with Gasteiger partial charge < -0.3 is 15.5 Å². The molecule has 3 N–H and O–H groups in total. The number of hydrogen-bond donors (Lipinski definition) is 3. The van der Waals surface area contributed by atoms with Crippen LogP contribution in [-0.4, -0.2) is 29.3 Å². The first kappa shape index (κ1) is 11.3. The Morgan fingerprint density at radius 2 is 2.27 bits per heavy atom. The normalized spacial score (nSPS) is 10.5. The second-order valence-electron chi connectivity index (χ2n) is 2.95. The van der Waals surface area contributed by atoms with Crippen molar-refractivity contribution in [2.75, 3.05) is 18.5 Å². The van der Waals surface area contributed by atoms with Gasteiger partial charge in [-0.3, -0.25) is 0 Å². The number of hydrogen-bond acceptors (Lipinski definition) is 3. The van der Waals surface area contributed by atoms with Gasteiger partial charge in [-0.05, 0) is 23.8 Å². The van der Waals surface area contributed by atoms with Crippen LogP contribution in [0.15, 0.2) is 30.3 Å². The number of nitrogens with one attached hydrogen (secondary N) is 1. The van der Waals surface area contributed by atoms with Crippen LogP contribution in [0.4, 0.5) is 5.69 Å². The van der Waals surface area contributed by atoms with Gasteiger partial charge in [0.2, 0.25) is 0 Å². The van der Waals surface area contributed by atoms with Gasteiger partial charge in [-0.25, -0.2) is 4.79 Å². The van der Waals surface area contributed by atoms with Crippen molar-refractivity contribution in [2.45, 2.75) is 0 Å². The van der Waals surface area contributed by atoms with E-state index in [1.54, 1.807) is 0 Å². The van der Waals surface area contributed by atoms with E-state index in [1.807, 2.05) is 24.3 Å². The Labute approximate surface area is 87.9 Å². The predicted molar refractivity (Wildman–Crippen MR) is 58.7 cm³/mol. The highest BCUT2D eigenvalue weighted by molar-refractivity contribution is 5.85. The van der Waals surface area contributed by atoms with Gasteiger partial charge in [0.15, 0.2) is 0 Å². The number of carbonyl (C=O) groups is 1. The maximum absolute atomic E-state index is 10.3. The molecule has 0 aromatic heterocycles. The molecule has 0 aliphatic heterocycles. The molecule has 1 rings (SSSR count). The summed E-state index contributed by atoms with van der Waals surface area (Å²) >= 11 is 0. The molecule has 0 heterocycles.